The SMILES string of the molecule is CCNc1snnc1CN1CCS(=O)(=O)CC1C. The molecule has 0 spiro atoms. The molecule has 1 saturated heterocycles. The third kappa shape index (κ3) is 3.18. The minimum atomic E-state index is -2.85. The molecule has 2 rings (SSSR count). The van der Waals surface area contributed by atoms with Crippen LogP contribution < -0.4 is 5.32 Å². The fourth-order valence-corrected chi connectivity index (χ4v) is 4.33. The number of aromatic nitrogens is 2. The molecule has 0 saturated carbocycles. The molecule has 1 aromatic rings. The van der Waals surface area contributed by atoms with Crippen LogP contribution in [0.5, 0.6) is 0 Å². The highest BCUT2D eigenvalue weighted by Crippen LogP contribution is 2.21. The summed E-state index contributed by atoms with van der Waals surface area (Å²) in [7, 11) is -2.85. The lowest BCUT2D eigenvalue weighted by atomic mass is 10.3. The molecule has 6 nitrogen and oxygen atoms in total. The van der Waals surface area contributed by atoms with Crippen molar-refractivity contribution in [2.75, 3.05) is 29.9 Å². The van der Waals surface area contributed by atoms with Crippen LogP contribution in [0.4, 0.5) is 5.00 Å². The number of rotatable bonds is 4. The van der Waals surface area contributed by atoms with E-state index in [4.69, 9.17) is 0 Å². The largest absolute Gasteiger partial charge is 0.374 e. The third-order valence-electron chi connectivity index (χ3n) is 3.05. The zero-order chi connectivity index (χ0) is 13.2. The lowest BCUT2D eigenvalue weighted by Gasteiger charge is -2.32. The molecule has 0 amide bonds. The van der Waals surface area contributed by atoms with Crippen molar-refractivity contribution >= 4 is 26.4 Å². The number of sulfone groups is 1. The van der Waals surface area contributed by atoms with E-state index in [9.17, 15) is 8.42 Å². The number of hydrogen-bond donors (Lipinski definition) is 1. The van der Waals surface area contributed by atoms with Gasteiger partial charge in [0.15, 0.2) is 9.84 Å². The standard InChI is InChI=1S/C10H18N4O2S2/c1-3-11-10-9(12-13-17-10)6-14-4-5-18(15,16)7-8(14)2/h8,11H,3-7H2,1-2H3. The smallest absolute Gasteiger partial charge is 0.153 e. The molecule has 1 aromatic heterocycles. The van der Waals surface area contributed by atoms with E-state index in [1.807, 2.05) is 13.8 Å². The summed E-state index contributed by atoms with van der Waals surface area (Å²) in [4.78, 5) is 2.15. The van der Waals surface area contributed by atoms with Crippen molar-refractivity contribution < 1.29 is 8.42 Å². The van der Waals surface area contributed by atoms with Crippen LogP contribution in [-0.4, -0.2) is 53.5 Å². The molecule has 1 N–H and O–H groups in total. The molecule has 8 heteroatoms. The van der Waals surface area contributed by atoms with E-state index in [-0.39, 0.29) is 17.5 Å². The van der Waals surface area contributed by atoms with Crippen molar-refractivity contribution in [3.05, 3.63) is 5.69 Å². The summed E-state index contributed by atoms with van der Waals surface area (Å²) in [5.74, 6) is 0.479. The molecule has 1 atom stereocenters. The van der Waals surface area contributed by atoms with E-state index < -0.39 is 9.84 Å². The van der Waals surface area contributed by atoms with Gasteiger partial charge in [-0.3, -0.25) is 4.90 Å². The first kappa shape index (κ1) is 13.7. The van der Waals surface area contributed by atoms with Gasteiger partial charge in [0.2, 0.25) is 0 Å². The first-order valence-corrected chi connectivity index (χ1v) is 8.61. The minimum Gasteiger partial charge on any atom is -0.374 e. The van der Waals surface area contributed by atoms with E-state index in [0.717, 1.165) is 17.2 Å². The Hall–Kier alpha value is -0.730. The van der Waals surface area contributed by atoms with Gasteiger partial charge in [-0.1, -0.05) is 4.49 Å². The Labute approximate surface area is 111 Å². The normalized spacial score (nSPS) is 24.0. The van der Waals surface area contributed by atoms with E-state index in [1.165, 1.54) is 11.5 Å². The van der Waals surface area contributed by atoms with Crippen LogP contribution in [0.2, 0.25) is 0 Å². The van der Waals surface area contributed by atoms with Gasteiger partial charge in [0.05, 0.1) is 11.5 Å². The molecule has 102 valence electrons. The van der Waals surface area contributed by atoms with Crippen molar-refractivity contribution in [3.8, 4) is 0 Å². The van der Waals surface area contributed by atoms with Crippen LogP contribution >= 0.6 is 11.5 Å². The Bertz CT molecular complexity index is 500. The Morgan fingerprint density at radius 1 is 1.56 bits per heavy atom. The number of hydrogen-bond acceptors (Lipinski definition) is 7. The second-order valence-electron chi connectivity index (χ2n) is 4.51. The van der Waals surface area contributed by atoms with E-state index in [0.29, 0.717) is 13.1 Å². The monoisotopic (exact) mass is 290 g/mol. The third-order valence-corrected chi connectivity index (χ3v) is 5.57. The molecule has 0 radical (unpaired) electrons. The Morgan fingerprint density at radius 2 is 2.33 bits per heavy atom. The second-order valence-corrected chi connectivity index (χ2v) is 7.50. The highest BCUT2D eigenvalue weighted by Gasteiger charge is 2.29. The summed E-state index contributed by atoms with van der Waals surface area (Å²) in [5.41, 5.74) is 0.910. The summed E-state index contributed by atoms with van der Waals surface area (Å²) < 4.78 is 27.0. The van der Waals surface area contributed by atoms with E-state index >= 15 is 0 Å². The highest BCUT2D eigenvalue weighted by atomic mass is 32.2. The average molecular weight is 290 g/mol. The predicted octanol–water partition coefficient (Wildman–Crippen LogP) is 0.589. The molecule has 18 heavy (non-hydrogen) atoms. The van der Waals surface area contributed by atoms with Gasteiger partial charge >= 0.3 is 0 Å². The molecule has 1 aliphatic rings. The number of nitrogens with one attached hydrogen (secondary N) is 1. The van der Waals surface area contributed by atoms with Gasteiger partial charge in [0.1, 0.15) is 10.7 Å². The van der Waals surface area contributed by atoms with Crippen LogP contribution in [-0.2, 0) is 16.4 Å². The first-order chi connectivity index (χ1) is 8.52. The Morgan fingerprint density at radius 3 is 3.00 bits per heavy atom. The maximum atomic E-state index is 11.5. The summed E-state index contributed by atoms with van der Waals surface area (Å²) in [5, 5.41) is 8.32. The van der Waals surface area contributed by atoms with Crippen LogP contribution in [0.3, 0.4) is 0 Å². The summed E-state index contributed by atoms with van der Waals surface area (Å²) >= 11 is 1.35. The fraction of sp³-hybridized carbons (Fsp3) is 0.800. The summed E-state index contributed by atoms with van der Waals surface area (Å²) in [6.07, 6.45) is 0. The van der Waals surface area contributed by atoms with Crippen LogP contribution in [0.15, 0.2) is 0 Å². The van der Waals surface area contributed by atoms with Gasteiger partial charge in [0.25, 0.3) is 0 Å². The molecular formula is C10H18N4O2S2. The predicted molar refractivity (Wildman–Crippen MR) is 72.6 cm³/mol. The number of anilines is 1. The minimum absolute atomic E-state index is 0.0416. The summed E-state index contributed by atoms with van der Waals surface area (Å²) in [6.45, 7) is 6.05. The Balaban J connectivity index is 2.03. The zero-order valence-electron chi connectivity index (χ0n) is 10.6. The van der Waals surface area contributed by atoms with Crippen LogP contribution in [0.1, 0.15) is 19.5 Å². The molecule has 1 fully saturated rings. The molecular weight excluding hydrogens is 272 g/mol. The Kier molecular flexibility index (Phi) is 4.18. The van der Waals surface area contributed by atoms with Gasteiger partial charge < -0.3 is 5.32 Å². The van der Waals surface area contributed by atoms with Gasteiger partial charge in [-0.2, -0.15) is 0 Å². The maximum Gasteiger partial charge on any atom is 0.153 e. The first-order valence-electron chi connectivity index (χ1n) is 6.01. The second kappa shape index (κ2) is 5.50. The lowest BCUT2D eigenvalue weighted by Crippen LogP contribution is -2.46. The zero-order valence-corrected chi connectivity index (χ0v) is 12.2. The molecule has 2 heterocycles. The van der Waals surface area contributed by atoms with Gasteiger partial charge in [-0.05, 0) is 13.8 Å². The van der Waals surface area contributed by atoms with Crippen LogP contribution in [0.25, 0.3) is 0 Å². The maximum absolute atomic E-state index is 11.5. The topological polar surface area (TPSA) is 75.2 Å². The van der Waals surface area contributed by atoms with Crippen molar-refractivity contribution in [1.82, 2.24) is 14.5 Å². The molecule has 1 unspecified atom stereocenters. The molecule has 0 bridgehead atoms. The lowest BCUT2D eigenvalue weighted by molar-refractivity contribution is 0.216. The average Bonchev–Trinajstić information content (AvgIpc) is 2.70. The van der Waals surface area contributed by atoms with Gasteiger partial charge in [-0.25, -0.2) is 8.42 Å². The van der Waals surface area contributed by atoms with E-state index in [2.05, 4.69) is 19.8 Å². The van der Waals surface area contributed by atoms with E-state index in [1.54, 1.807) is 0 Å². The quantitative estimate of drug-likeness (QED) is 0.874. The van der Waals surface area contributed by atoms with Gasteiger partial charge in [-0.15, -0.1) is 5.10 Å². The molecule has 1 aliphatic heterocycles. The van der Waals surface area contributed by atoms with Crippen molar-refractivity contribution in [3.63, 3.8) is 0 Å². The van der Waals surface area contributed by atoms with Crippen molar-refractivity contribution in [1.29, 1.82) is 0 Å². The van der Waals surface area contributed by atoms with Crippen LogP contribution in [0, 0.1) is 0 Å². The van der Waals surface area contributed by atoms with Crippen molar-refractivity contribution in [2.24, 2.45) is 0 Å². The van der Waals surface area contributed by atoms with Gasteiger partial charge in [0, 0.05) is 37.2 Å². The van der Waals surface area contributed by atoms with Crippen molar-refractivity contribution in [2.45, 2.75) is 26.4 Å². The molecule has 0 aromatic carbocycles. The molecule has 0 aliphatic carbocycles. The number of nitrogens with zero attached hydrogens (tertiary/aromatic N) is 3. The highest BCUT2D eigenvalue weighted by molar-refractivity contribution is 7.91. The summed E-state index contributed by atoms with van der Waals surface area (Å²) in [6, 6.07) is 0.0416. The fourth-order valence-electron chi connectivity index (χ4n) is 2.07.